The molecule has 1 rings (SSSR count). The molecule has 0 spiro atoms. The molecule has 0 aliphatic carbocycles. The van der Waals surface area contributed by atoms with Gasteiger partial charge in [0.15, 0.2) is 6.04 Å². The largest absolute Gasteiger partial charge is 0.543 e. The number of thioether (sulfide) groups is 1. The maximum absolute atomic E-state index is 11.1. The number of hydrogen-bond donors (Lipinski definition) is 4. The Morgan fingerprint density at radius 1 is 1.58 bits per heavy atom. The minimum absolute atomic E-state index is 0.140. The summed E-state index contributed by atoms with van der Waals surface area (Å²) in [4.78, 5) is 32.9. The van der Waals surface area contributed by atoms with Gasteiger partial charge in [0.05, 0.1) is 18.3 Å². The van der Waals surface area contributed by atoms with Crippen molar-refractivity contribution in [3.8, 4) is 0 Å². The molecule has 8 nitrogen and oxygen atoms in total. The van der Waals surface area contributed by atoms with Crippen LogP contribution in [0.25, 0.3) is 0 Å². The smallest absolute Gasteiger partial charge is 0.329 e. The van der Waals surface area contributed by atoms with Gasteiger partial charge in [-0.1, -0.05) is 0 Å². The fourth-order valence-electron chi connectivity index (χ4n) is 1.54. The van der Waals surface area contributed by atoms with Crippen molar-refractivity contribution >= 4 is 29.6 Å². The van der Waals surface area contributed by atoms with E-state index in [1.807, 2.05) is 0 Å². The lowest BCUT2D eigenvalue weighted by atomic mass is 10.2. The van der Waals surface area contributed by atoms with Crippen LogP contribution in [0.4, 0.5) is 0 Å². The van der Waals surface area contributed by atoms with Crippen LogP contribution >= 0.6 is 11.8 Å². The predicted molar refractivity (Wildman–Crippen MR) is 63.7 cm³/mol. The lowest BCUT2D eigenvalue weighted by Crippen LogP contribution is -2.55. The summed E-state index contributed by atoms with van der Waals surface area (Å²) in [6.07, 6.45) is 0. The monoisotopic (exact) mass is 289 g/mol. The fourth-order valence-corrected chi connectivity index (χ4v) is 2.74. The average Bonchev–Trinajstić information content (AvgIpc) is 2.34. The van der Waals surface area contributed by atoms with Crippen LogP contribution in [-0.4, -0.2) is 51.8 Å². The first-order valence-corrected chi connectivity index (χ1v) is 6.34. The zero-order chi connectivity index (χ0) is 14.6. The van der Waals surface area contributed by atoms with E-state index in [1.165, 1.54) is 0 Å². The number of aliphatic carboxylic acids is 2. The number of carboxylic acid groups (broad SMARTS) is 2. The first-order valence-electron chi connectivity index (χ1n) is 5.29. The number of hydrogen-bond acceptors (Lipinski definition) is 7. The van der Waals surface area contributed by atoms with Gasteiger partial charge in [-0.3, -0.25) is 4.79 Å². The summed E-state index contributed by atoms with van der Waals surface area (Å²) in [5.41, 5.74) is -0.115. The topological polar surface area (TPSA) is 139 Å². The lowest BCUT2D eigenvalue weighted by Gasteiger charge is -2.32. The Morgan fingerprint density at radius 2 is 2.21 bits per heavy atom. The number of aliphatic hydroxyl groups excluding tert-OH is 1. The van der Waals surface area contributed by atoms with Gasteiger partial charge in [0.2, 0.25) is 5.91 Å². The highest BCUT2D eigenvalue weighted by molar-refractivity contribution is 8.00. The van der Waals surface area contributed by atoms with Crippen molar-refractivity contribution in [1.82, 2.24) is 10.6 Å². The van der Waals surface area contributed by atoms with E-state index >= 15 is 0 Å². The van der Waals surface area contributed by atoms with Gasteiger partial charge in [-0.2, -0.15) is 0 Å². The summed E-state index contributed by atoms with van der Waals surface area (Å²) >= 11 is 1.08. The van der Waals surface area contributed by atoms with E-state index in [0.29, 0.717) is 0 Å². The summed E-state index contributed by atoms with van der Waals surface area (Å²) in [6, 6.07) is -1.28. The van der Waals surface area contributed by atoms with Crippen molar-refractivity contribution in [3.05, 3.63) is 11.3 Å². The molecule has 0 aromatic heterocycles. The number of rotatable bonds is 5. The molecule has 0 fully saturated rings. The van der Waals surface area contributed by atoms with Crippen molar-refractivity contribution in [1.29, 1.82) is 0 Å². The first kappa shape index (κ1) is 15.3. The molecule has 106 valence electrons. The molecule has 2 unspecified atom stereocenters. The highest BCUT2D eigenvalue weighted by atomic mass is 32.2. The number of carboxylic acids is 2. The third-order valence-corrected chi connectivity index (χ3v) is 3.66. The quantitative estimate of drug-likeness (QED) is 0.427. The Bertz CT molecular complexity index is 436. The van der Waals surface area contributed by atoms with Crippen LogP contribution in [0, 0.1) is 0 Å². The molecule has 2 atom stereocenters. The second-order valence-corrected chi connectivity index (χ2v) is 4.95. The van der Waals surface area contributed by atoms with Gasteiger partial charge < -0.3 is 30.7 Å². The first-order chi connectivity index (χ1) is 8.86. The molecule has 9 heteroatoms. The van der Waals surface area contributed by atoms with E-state index in [4.69, 9.17) is 10.2 Å². The Kier molecular flexibility index (Phi) is 5.19. The summed E-state index contributed by atoms with van der Waals surface area (Å²) in [5.74, 6) is -3.21. The molecule has 0 aromatic carbocycles. The molecule has 0 radical (unpaired) electrons. The highest BCUT2D eigenvalue weighted by Gasteiger charge is 2.33. The molecule has 1 aliphatic heterocycles. The van der Waals surface area contributed by atoms with Crippen molar-refractivity contribution in [2.45, 2.75) is 18.3 Å². The Labute approximate surface area is 112 Å². The standard InChI is InChI=1S/C10H14N2O6S/c1-4(14)11-7(10(17)18)8-12-6(9(15)16)5(2-13)3-19-8/h7-8,12-13H,2-3H2,1H3,(H,11,14)(H,15,16)(H,17,18)/p-1. The van der Waals surface area contributed by atoms with Crippen LogP contribution in [0.2, 0.25) is 0 Å². The van der Waals surface area contributed by atoms with Gasteiger partial charge in [-0.25, -0.2) is 4.79 Å². The second kappa shape index (κ2) is 6.43. The van der Waals surface area contributed by atoms with Crippen LogP contribution in [0.1, 0.15) is 6.92 Å². The van der Waals surface area contributed by atoms with Crippen molar-refractivity contribution in [3.63, 3.8) is 0 Å². The summed E-state index contributed by atoms with van der Waals surface area (Å²) in [7, 11) is 0. The fraction of sp³-hybridized carbons (Fsp3) is 0.500. The van der Waals surface area contributed by atoms with Gasteiger partial charge >= 0.3 is 5.97 Å². The number of carbonyl (C=O) groups is 3. The maximum atomic E-state index is 11.1. The van der Waals surface area contributed by atoms with Crippen molar-refractivity contribution < 1.29 is 29.7 Å². The van der Waals surface area contributed by atoms with Crippen LogP contribution in [0.3, 0.4) is 0 Å². The van der Waals surface area contributed by atoms with Gasteiger partial charge in [0.25, 0.3) is 0 Å². The zero-order valence-corrected chi connectivity index (χ0v) is 10.8. The third-order valence-electron chi connectivity index (χ3n) is 2.40. The lowest BCUT2D eigenvalue weighted by molar-refractivity contribution is -0.300. The van der Waals surface area contributed by atoms with E-state index in [2.05, 4.69) is 10.6 Å². The molecule has 1 heterocycles. The van der Waals surface area contributed by atoms with Gasteiger partial charge in [-0.05, 0) is 5.57 Å². The second-order valence-electron chi connectivity index (χ2n) is 3.82. The minimum Gasteiger partial charge on any atom is -0.543 e. The zero-order valence-electron chi connectivity index (χ0n) is 10.0. The van der Waals surface area contributed by atoms with Crippen molar-refractivity contribution in [2.24, 2.45) is 0 Å². The molecule has 0 saturated heterocycles. The van der Waals surface area contributed by atoms with Gasteiger partial charge in [0.1, 0.15) is 5.37 Å². The molecule has 1 amide bonds. The molecule has 4 N–H and O–H groups in total. The summed E-state index contributed by atoms with van der Waals surface area (Å²) in [5, 5.41) is 32.8. The normalized spacial score (nSPS) is 20.4. The molecular formula is C10H13N2O6S-. The molecule has 0 bridgehead atoms. The molecular weight excluding hydrogens is 276 g/mol. The number of amides is 1. The Hall–Kier alpha value is -1.74. The van der Waals surface area contributed by atoms with Gasteiger partial charge in [-0.15, -0.1) is 11.8 Å². The number of nitrogens with one attached hydrogen (secondary N) is 2. The van der Waals surface area contributed by atoms with Crippen molar-refractivity contribution in [2.75, 3.05) is 12.4 Å². The van der Waals surface area contributed by atoms with Gasteiger partial charge in [0, 0.05) is 12.7 Å². The SMILES string of the molecule is CC(=O)NC(C(=O)O)C1NC(C(=O)[O-])=C(CO)CS1. The molecule has 0 saturated carbocycles. The van der Waals surface area contributed by atoms with E-state index in [9.17, 15) is 19.5 Å². The third kappa shape index (κ3) is 3.86. The van der Waals surface area contributed by atoms with Crippen LogP contribution in [-0.2, 0) is 14.4 Å². The minimum atomic E-state index is -1.53. The number of aliphatic hydroxyl groups is 1. The average molecular weight is 289 g/mol. The van der Waals surface area contributed by atoms with Crippen LogP contribution < -0.4 is 15.7 Å². The van der Waals surface area contributed by atoms with Crippen LogP contribution in [0.15, 0.2) is 11.3 Å². The highest BCUT2D eigenvalue weighted by Crippen LogP contribution is 2.24. The summed E-state index contributed by atoms with van der Waals surface area (Å²) in [6.45, 7) is 0.700. The Morgan fingerprint density at radius 3 is 2.63 bits per heavy atom. The Balaban J connectivity index is 2.92. The molecule has 1 aliphatic rings. The number of carbonyl (C=O) groups excluding carboxylic acids is 2. The van der Waals surface area contributed by atoms with E-state index in [-0.39, 0.29) is 17.0 Å². The van der Waals surface area contributed by atoms with Crippen LogP contribution in [0.5, 0.6) is 0 Å². The van der Waals surface area contributed by atoms with E-state index in [1.54, 1.807) is 0 Å². The molecule has 0 aromatic rings. The predicted octanol–water partition coefficient (Wildman–Crippen LogP) is -2.77. The van der Waals surface area contributed by atoms with E-state index in [0.717, 1.165) is 18.7 Å². The maximum Gasteiger partial charge on any atom is 0.329 e. The van der Waals surface area contributed by atoms with E-state index < -0.39 is 35.9 Å². The molecule has 19 heavy (non-hydrogen) atoms. The summed E-state index contributed by atoms with van der Waals surface area (Å²) < 4.78 is 0.